The molecule has 0 radical (unpaired) electrons. The summed E-state index contributed by atoms with van der Waals surface area (Å²) < 4.78 is 60.1. The molecule has 0 bridgehead atoms. The minimum Gasteiger partial charge on any atom is -0.451 e. The monoisotopic (exact) mass is 327 g/mol. The van der Waals surface area contributed by atoms with Gasteiger partial charge in [-0.2, -0.15) is 8.78 Å². The molecule has 2 aromatic rings. The zero-order valence-electron chi connectivity index (χ0n) is 11.6. The molecule has 2 aromatic carbocycles. The summed E-state index contributed by atoms with van der Waals surface area (Å²) in [7, 11) is 0. The first-order valence-electron chi connectivity index (χ1n) is 6.27. The molecule has 0 saturated heterocycles. The number of nitro groups is 1. The predicted octanol–water partition coefficient (Wildman–Crippen LogP) is 4.98. The van der Waals surface area contributed by atoms with Crippen molar-refractivity contribution in [3.05, 3.63) is 69.3 Å². The van der Waals surface area contributed by atoms with Crippen LogP contribution in [0.15, 0.2) is 30.3 Å². The summed E-state index contributed by atoms with van der Waals surface area (Å²) >= 11 is 0. The van der Waals surface area contributed by atoms with E-state index in [4.69, 9.17) is 4.74 Å². The lowest BCUT2D eigenvalue weighted by atomic mass is 10.1. The van der Waals surface area contributed by atoms with Gasteiger partial charge < -0.3 is 4.74 Å². The van der Waals surface area contributed by atoms with E-state index in [2.05, 4.69) is 0 Å². The van der Waals surface area contributed by atoms with E-state index in [-0.39, 0.29) is 11.4 Å². The molecule has 0 amide bonds. The largest absolute Gasteiger partial charge is 0.451 e. The Labute approximate surface area is 127 Å². The van der Waals surface area contributed by atoms with Crippen molar-refractivity contribution < 1.29 is 27.2 Å². The molecule has 0 saturated carbocycles. The first kappa shape index (κ1) is 16.5. The van der Waals surface area contributed by atoms with Gasteiger partial charge in [0.05, 0.1) is 10.5 Å². The van der Waals surface area contributed by atoms with Gasteiger partial charge >= 0.3 is 0 Å². The van der Waals surface area contributed by atoms with E-state index in [1.807, 2.05) is 0 Å². The highest BCUT2D eigenvalue weighted by Gasteiger charge is 2.26. The Morgan fingerprint density at radius 3 is 1.96 bits per heavy atom. The molecular weight excluding hydrogens is 318 g/mol. The highest BCUT2D eigenvalue weighted by molar-refractivity contribution is 5.54. The van der Waals surface area contributed by atoms with Crippen molar-refractivity contribution in [2.75, 3.05) is 0 Å². The Kier molecular flexibility index (Phi) is 4.63. The molecule has 4 nitrogen and oxygen atoms in total. The first-order chi connectivity index (χ1) is 10.9. The smallest absolute Gasteiger partial charge is 0.269 e. The van der Waals surface area contributed by atoms with Crippen LogP contribution in [0.25, 0.3) is 6.08 Å². The number of nitro benzene ring substituents is 1. The Morgan fingerprint density at radius 2 is 1.52 bits per heavy atom. The summed E-state index contributed by atoms with van der Waals surface area (Å²) in [6.45, 7) is 1.43. The van der Waals surface area contributed by atoms with Crippen LogP contribution in [0.2, 0.25) is 0 Å². The van der Waals surface area contributed by atoms with E-state index in [0.29, 0.717) is 0 Å². The highest BCUT2D eigenvalue weighted by atomic mass is 19.2. The minimum atomic E-state index is -1.70. The van der Waals surface area contributed by atoms with Gasteiger partial charge in [0.25, 0.3) is 5.69 Å². The van der Waals surface area contributed by atoms with Crippen LogP contribution in [0.4, 0.5) is 23.2 Å². The molecule has 0 aliphatic carbocycles. The van der Waals surface area contributed by atoms with E-state index >= 15 is 0 Å². The van der Waals surface area contributed by atoms with Crippen LogP contribution in [0, 0.1) is 33.4 Å². The number of non-ortho nitro benzene ring substituents is 1. The van der Waals surface area contributed by atoms with Crippen molar-refractivity contribution in [2.24, 2.45) is 0 Å². The van der Waals surface area contributed by atoms with Crippen LogP contribution >= 0.6 is 0 Å². The van der Waals surface area contributed by atoms with Gasteiger partial charge in [0.1, 0.15) is 5.75 Å². The van der Waals surface area contributed by atoms with Crippen molar-refractivity contribution in [1.29, 1.82) is 0 Å². The number of rotatable bonds is 4. The van der Waals surface area contributed by atoms with Crippen molar-refractivity contribution >= 4 is 11.8 Å². The predicted molar refractivity (Wildman–Crippen MR) is 74.2 cm³/mol. The minimum absolute atomic E-state index is 0.217. The molecule has 0 aliphatic heterocycles. The lowest BCUT2D eigenvalue weighted by molar-refractivity contribution is -0.384. The topological polar surface area (TPSA) is 52.4 Å². The van der Waals surface area contributed by atoms with Crippen molar-refractivity contribution in [2.45, 2.75) is 6.92 Å². The van der Waals surface area contributed by atoms with Crippen LogP contribution in [0.3, 0.4) is 0 Å². The van der Waals surface area contributed by atoms with E-state index in [0.717, 1.165) is 30.3 Å². The maximum Gasteiger partial charge on any atom is 0.269 e. The number of halogens is 4. The molecule has 8 heteroatoms. The average molecular weight is 327 g/mol. The fourth-order valence-electron chi connectivity index (χ4n) is 1.78. The molecule has 0 unspecified atom stereocenters. The van der Waals surface area contributed by atoms with Crippen LogP contribution in [0.5, 0.6) is 11.5 Å². The van der Waals surface area contributed by atoms with Gasteiger partial charge in [0, 0.05) is 12.1 Å². The number of benzene rings is 2. The molecule has 0 N–H and O–H groups in total. The second-order valence-corrected chi connectivity index (χ2v) is 4.35. The van der Waals surface area contributed by atoms with E-state index in [9.17, 15) is 27.7 Å². The third-order valence-corrected chi connectivity index (χ3v) is 2.86. The normalized spacial score (nSPS) is 11.0. The van der Waals surface area contributed by atoms with Crippen LogP contribution in [-0.2, 0) is 0 Å². The average Bonchev–Trinajstić information content (AvgIpc) is 2.54. The van der Waals surface area contributed by atoms with Crippen molar-refractivity contribution in [1.82, 2.24) is 0 Å². The zero-order chi connectivity index (χ0) is 17.1. The molecule has 0 aliphatic rings. The molecule has 0 aromatic heterocycles. The quantitative estimate of drug-likeness (QED) is 0.344. The Balaban J connectivity index is 2.46. The molecule has 0 atom stereocenters. The summed E-state index contributed by atoms with van der Waals surface area (Å²) in [5.74, 6) is -8.07. The van der Waals surface area contributed by atoms with Gasteiger partial charge in [-0.15, -0.1) is 0 Å². The van der Waals surface area contributed by atoms with Gasteiger partial charge in [-0.3, -0.25) is 10.1 Å². The van der Waals surface area contributed by atoms with Crippen molar-refractivity contribution in [3.63, 3.8) is 0 Å². The summed E-state index contributed by atoms with van der Waals surface area (Å²) in [5.41, 5.74) is -1.14. The third kappa shape index (κ3) is 3.15. The van der Waals surface area contributed by atoms with Gasteiger partial charge in [-0.25, -0.2) is 8.78 Å². The van der Waals surface area contributed by atoms with Crippen LogP contribution in [0.1, 0.15) is 12.5 Å². The number of ether oxygens (including phenoxy) is 1. The maximum atomic E-state index is 13.9. The molecule has 0 fully saturated rings. The Morgan fingerprint density at radius 1 is 1.00 bits per heavy atom. The summed E-state index contributed by atoms with van der Waals surface area (Å²) in [6.07, 6.45) is 2.10. The Hall–Kier alpha value is -2.90. The second kappa shape index (κ2) is 6.47. The highest BCUT2D eigenvalue weighted by Crippen LogP contribution is 2.34. The van der Waals surface area contributed by atoms with E-state index < -0.39 is 39.5 Å². The number of allylic oxidation sites excluding steroid dienone is 1. The number of nitrogens with zero attached hydrogens (tertiary/aromatic N) is 1. The molecular formula is C15H9F4NO3. The van der Waals surface area contributed by atoms with Gasteiger partial charge in [0.15, 0.2) is 11.6 Å². The molecule has 120 valence electrons. The maximum absolute atomic E-state index is 13.9. The lowest BCUT2D eigenvalue weighted by Crippen LogP contribution is -2.03. The summed E-state index contributed by atoms with van der Waals surface area (Å²) in [6, 6.07) is 4.14. The Bertz CT molecular complexity index is 759. The van der Waals surface area contributed by atoms with Crippen molar-refractivity contribution in [3.8, 4) is 11.5 Å². The standard InChI is InChI=1S/C15H9F4NO3/c1-2-3-10-11(16)13(18)15(14(19)12(10)17)23-9-6-4-8(5-7-9)20(21)22/h2-7H,1H3/b3-2+. The van der Waals surface area contributed by atoms with Gasteiger partial charge in [0.2, 0.25) is 17.4 Å². The summed E-state index contributed by atoms with van der Waals surface area (Å²) in [4.78, 5) is 9.82. The number of hydrogen-bond donors (Lipinski definition) is 0. The SMILES string of the molecule is C/C=C/c1c(F)c(F)c(Oc2ccc([N+](=O)[O-])cc2)c(F)c1F. The van der Waals surface area contributed by atoms with E-state index in [1.54, 1.807) is 0 Å². The second-order valence-electron chi connectivity index (χ2n) is 4.35. The fourth-order valence-corrected chi connectivity index (χ4v) is 1.78. The van der Waals surface area contributed by atoms with E-state index in [1.165, 1.54) is 13.0 Å². The zero-order valence-corrected chi connectivity index (χ0v) is 11.6. The molecule has 0 spiro atoms. The van der Waals surface area contributed by atoms with Gasteiger partial charge in [-0.1, -0.05) is 12.2 Å². The molecule has 0 heterocycles. The lowest BCUT2D eigenvalue weighted by Gasteiger charge is -2.11. The van der Waals surface area contributed by atoms with Crippen LogP contribution in [-0.4, -0.2) is 4.92 Å². The first-order valence-corrected chi connectivity index (χ1v) is 6.27. The van der Waals surface area contributed by atoms with Gasteiger partial charge in [-0.05, 0) is 19.1 Å². The molecule has 23 heavy (non-hydrogen) atoms. The third-order valence-electron chi connectivity index (χ3n) is 2.86. The summed E-state index contributed by atoms with van der Waals surface area (Å²) in [5, 5.41) is 10.5. The fraction of sp³-hybridized carbons (Fsp3) is 0.0667. The van der Waals surface area contributed by atoms with Crippen LogP contribution < -0.4 is 4.74 Å². The number of hydrogen-bond acceptors (Lipinski definition) is 3. The molecule has 2 rings (SSSR count).